The molecule has 1 aromatic heterocycles. The summed E-state index contributed by atoms with van der Waals surface area (Å²) >= 11 is 2.38. The summed E-state index contributed by atoms with van der Waals surface area (Å²) in [4.78, 5) is 4.26. The van der Waals surface area contributed by atoms with Crippen molar-refractivity contribution in [1.29, 1.82) is 0 Å². The number of nitrogens with zero attached hydrogens (tertiary/aromatic N) is 2. The molecule has 0 bridgehead atoms. The zero-order valence-electron chi connectivity index (χ0n) is 12.9. The first kappa shape index (κ1) is 17.8. The van der Waals surface area contributed by atoms with E-state index in [-0.39, 0.29) is 10.8 Å². The molecule has 0 aliphatic heterocycles. The molecule has 0 aliphatic rings. The Hall–Kier alpha value is -0.300. The van der Waals surface area contributed by atoms with Gasteiger partial charge in [0, 0.05) is 24.1 Å². The number of rotatable bonds is 5. The van der Waals surface area contributed by atoms with Gasteiger partial charge in [-0.1, -0.05) is 0 Å². The third-order valence-corrected chi connectivity index (χ3v) is 5.60. The fourth-order valence-electron chi connectivity index (χ4n) is 1.87. The monoisotopic (exact) mass is 362 g/mol. The van der Waals surface area contributed by atoms with E-state index >= 15 is 0 Å². The Kier molecular flexibility index (Phi) is 6.31. The summed E-state index contributed by atoms with van der Waals surface area (Å²) in [6.45, 7) is 10.7. The largest absolute Gasteiger partial charge is 0.597 e. The molecular weight excluding hydrogens is 340 g/mol. The highest BCUT2D eigenvalue weighted by molar-refractivity contribution is 9.10. The molecule has 1 unspecified atom stereocenters. The number of hydrogen-bond donors (Lipinski definition) is 0. The van der Waals surface area contributed by atoms with E-state index in [1.54, 1.807) is 13.3 Å². The molecule has 6 heteroatoms. The lowest BCUT2D eigenvalue weighted by Crippen LogP contribution is -2.44. The zero-order valence-corrected chi connectivity index (χ0v) is 15.3. The van der Waals surface area contributed by atoms with Gasteiger partial charge in [0.2, 0.25) is 5.88 Å². The number of pyridine rings is 1. The first-order valence-electron chi connectivity index (χ1n) is 6.60. The van der Waals surface area contributed by atoms with Gasteiger partial charge in [0.1, 0.15) is 4.75 Å². The Bertz CT molecular complexity index is 451. The Balaban J connectivity index is 3.02. The van der Waals surface area contributed by atoms with Gasteiger partial charge < -0.3 is 9.29 Å². The highest BCUT2D eigenvalue weighted by atomic mass is 79.9. The molecule has 0 radical (unpaired) electrons. The Morgan fingerprint density at radius 1 is 1.50 bits per heavy atom. The van der Waals surface area contributed by atoms with Crippen molar-refractivity contribution in [2.45, 2.75) is 45.4 Å². The minimum atomic E-state index is -1.06. The van der Waals surface area contributed by atoms with Crippen LogP contribution in [0.2, 0.25) is 0 Å². The molecule has 4 nitrogen and oxygen atoms in total. The van der Waals surface area contributed by atoms with Crippen molar-refractivity contribution in [3.05, 3.63) is 22.3 Å². The molecule has 20 heavy (non-hydrogen) atoms. The zero-order chi connectivity index (χ0) is 15.5. The van der Waals surface area contributed by atoms with E-state index in [9.17, 15) is 4.55 Å². The van der Waals surface area contributed by atoms with Gasteiger partial charge in [0.05, 0.1) is 17.6 Å². The predicted molar refractivity (Wildman–Crippen MR) is 87.2 cm³/mol. The van der Waals surface area contributed by atoms with Crippen molar-refractivity contribution in [2.24, 2.45) is 0 Å². The maximum Gasteiger partial charge on any atom is 0.227 e. The van der Waals surface area contributed by atoms with Crippen LogP contribution in [0.25, 0.3) is 0 Å². The van der Waals surface area contributed by atoms with Crippen molar-refractivity contribution in [3.8, 4) is 5.88 Å². The highest BCUT2D eigenvalue weighted by Crippen LogP contribution is 2.32. The van der Waals surface area contributed by atoms with Crippen LogP contribution in [0.5, 0.6) is 5.88 Å². The summed E-state index contributed by atoms with van der Waals surface area (Å²) in [7, 11) is 1.59. The highest BCUT2D eigenvalue weighted by Gasteiger charge is 2.35. The third-order valence-electron chi connectivity index (χ3n) is 2.98. The molecule has 0 saturated carbocycles. The quantitative estimate of drug-likeness (QED) is 0.749. The van der Waals surface area contributed by atoms with Gasteiger partial charge in [0.25, 0.3) is 0 Å². The molecule has 2 atom stereocenters. The molecule has 1 aromatic rings. The van der Waals surface area contributed by atoms with E-state index in [0.29, 0.717) is 12.4 Å². The fraction of sp³-hybridized carbons (Fsp3) is 0.643. The summed E-state index contributed by atoms with van der Waals surface area (Å²) in [5.74, 6) is 0.556. The number of halogens is 1. The van der Waals surface area contributed by atoms with Gasteiger partial charge in [-0.25, -0.2) is 4.98 Å². The van der Waals surface area contributed by atoms with Gasteiger partial charge >= 0.3 is 0 Å². The van der Waals surface area contributed by atoms with Crippen LogP contribution < -0.4 is 4.74 Å². The van der Waals surface area contributed by atoms with Crippen LogP contribution in [0.4, 0.5) is 0 Å². The van der Waals surface area contributed by atoms with Crippen molar-refractivity contribution in [1.82, 2.24) is 9.29 Å². The van der Waals surface area contributed by atoms with Crippen molar-refractivity contribution in [3.63, 3.8) is 0 Å². The summed E-state index contributed by atoms with van der Waals surface area (Å²) in [5.41, 5.74) is 1.01. The Morgan fingerprint density at radius 2 is 2.10 bits per heavy atom. The molecule has 1 heterocycles. The van der Waals surface area contributed by atoms with Gasteiger partial charge in [-0.2, -0.15) is 0 Å². The van der Waals surface area contributed by atoms with E-state index in [2.05, 4.69) is 20.9 Å². The van der Waals surface area contributed by atoms with Gasteiger partial charge in [-0.15, -0.1) is 4.31 Å². The Morgan fingerprint density at radius 3 is 2.50 bits per heavy atom. The Labute approximate surface area is 133 Å². The van der Waals surface area contributed by atoms with Crippen LogP contribution in [0.1, 0.15) is 46.2 Å². The maximum absolute atomic E-state index is 12.6. The molecule has 0 amide bonds. The third kappa shape index (κ3) is 4.10. The lowest BCUT2D eigenvalue weighted by molar-refractivity contribution is 0.342. The van der Waals surface area contributed by atoms with Crippen LogP contribution in [0.15, 0.2) is 16.7 Å². The number of ether oxygens (including phenoxy) is 1. The molecule has 0 aliphatic carbocycles. The van der Waals surface area contributed by atoms with Crippen LogP contribution in [0, 0.1) is 0 Å². The van der Waals surface area contributed by atoms with Gasteiger partial charge in [-0.05, 0) is 62.2 Å². The second kappa shape index (κ2) is 7.11. The molecule has 1 rings (SSSR count). The number of hydrogen-bond acceptors (Lipinski definition) is 4. The minimum Gasteiger partial charge on any atom is -0.597 e. The first-order valence-corrected chi connectivity index (χ1v) is 8.50. The van der Waals surface area contributed by atoms with Crippen LogP contribution in [-0.4, -0.2) is 32.2 Å². The van der Waals surface area contributed by atoms with Gasteiger partial charge in [0.15, 0.2) is 0 Å². The van der Waals surface area contributed by atoms with Crippen LogP contribution >= 0.6 is 15.9 Å². The minimum absolute atomic E-state index is 0.0229. The molecule has 114 valence electrons. The number of methoxy groups -OCH3 is 1. The number of aromatic nitrogens is 1. The van der Waals surface area contributed by atoms with Crippen LogP contribution in [-0.2, 0) is 11.4 Å². The summed E-state index contributed by atoms with van der Waals surface area (Å²) in [6, 6.07) is 1.99. The second-order valence-electron chi connectivity index (χ2n) is 5.53. The average molecular weight is 363 g/mol. The summed E-state index contributed by atoms with van der Waals surface area (Å²) in [5, 5.41) is 0. The van der Waals surface area contributed by atoms with E-state index in [4.69, 9.17) is 4.74 Å². The SMILES string of the molecule is CCN(C(C)c1cnc(OC)c(Br)c1)[S@@+]([O-])C(C)(C)C. The summed E-state index contributed by atoms with van der Waals surface area (Å²) in [6.07, 6.45) is 1.77. The molecular formula is C14H23BrN2O2S. The standard InChI is InChI=1S/C14H23BrN2O2S/c1-7-17(20(18)14(3,4)5)10(2)11-8-12(15)13(19-6)16-9-11/h8-10H,7H2,1-6H3/t10?,20-/m0/s1. The average Bonchev–Trinajstić information content (AvgIpc) is 2.38. The van der Waals surface area contributed by atoms with Gasteiger partial charge in [-0.3, -0.25) is 0 Å². The smallest absolute Gasteiger partial charge is 0.227 e. The van der Waals surface area contributed by atoms with E-state index in [1.165, 1.54) is 0 Å². The fourth-order valence-corrected chi connectivity index (χ4v) is 3.75. The molecule has 0 saturated heterocycles. The second-order valence-corrected chi connectivity index (χ2v) is 8.58. The maximum atomic E-state index is 12.6. The van der Waals surface area contributed by atoms with Crippen molar-refractivity contribution >= 4 is 27.3 Å². The van der Waals surface area contributed by atoms with Crippen LogP contribution in [0.3, 0.4) is 0 Å². The van der Waals surface area contributed by atoms with Crippen molar-refractivity contribution in [2.75, 3.05) is 13.7 Å². The summed E-state index contributed by atoms with van der Waals surface area (Å²) < 4.78 is 20.2. The predicted octanol–water partition coefficient (Wildman–Crippen LogP) is 3.70. The van der Waals surface area contributed by atoms with E-state index in [0.717, 1.165) is 10.0 Å². The topological polar surface area (TPSA) is 48.4 Å². The molecule has 0 aromatic carbocycles. The van der Waals surface area contributed by atoms with Crippen molar-refractivity contribution < 1.29 is 9.29 Å². The molecule has 0 spiro atoms. The lowest BCUT2D eigenvalue weighted by atomic mass is 10.1. The lowest BCUT2D eigenvalue weighted by Gasteiger charge is -2.35. The first-order chi connectivity index (χ1) is 9.22. The normalized spacial score (nSPS) is 15.2. The molecule has 0 fully saturated rings. The van der Waals surface area contributed by atoms with E-state index < -0.39 is 11.4 Å². The van der Waals surface area contributed by atoms with E-state index in [1.807, 2.05) is 45.0 Å². The molecule has 0 N–H and O–H groups in total.